The lowest BCUT2D eigenvalue weighted by Crippen LogP contribution is -2.47. The highest BCUT2D eigenvalue weighted by Gasteiger charge is 2.40. The van der Waals surface area contributed by atoms with Crippen molar-refractivity contribution >= 4 is 17.5 Å². The van der Waals surface area contributed by atoms with Gasteiger partial charge in [0.25, 0.3) is 0 Å². The number of ketones is 2. The first-order valence-corrected chi connectivity index (χ1v) is 7.14. The van der Waals surface area contributed by atoms with Crippen molar-refractivity contribution in [3.05, 3.63) is 71.8 Å². The Morgan fingerprint density at radius 2 is 1.50 bits per heavy atom. The van der Waals surface area contributed by atoms with Gasteiger partial charge in [-0.25, -0.2) is 0 Å². The van der Waals surface area contributed by atoms with Gasteiger partial charge in [0.05, 0.1) is 6.04 Å². The highest BCUT2D eigenvalue weighted by molar-refractivity contribution is 6.24. The minimum absolute atomic E-state index is 0.138. The largest absolute Gasteiger partial charge is 0.348 e. The number of hydrogen-bond donors (Lipinski definition) is 1. The molecule has 0 saturated carbocycles. The zero-order valence-electron chi connectivity index (χ0n) is 11.9. The summed E-state index contributed by atoms with van der Waals surface area (Å²) in [4.78, 5) is 37.0. The van der Waals surface area contributed by atoms with Crippen LogP contribution in [0.1, 0.15) is 28.4 Å². The van der Waals surface area contributed by atoms with Gasteiger partial charge in [-0.2, -0.15) is 0 Å². The fourth-order valence-electron chi connectivity index (χ4n) is 2.69. The molecule has 1 fully saturated rings. The van der Waals surface area contributed by atoms with Gasteiger partial charge in [-0.1, -0.05) is 60.7 Å². The van der Waals surface area contributed by atoms with Crippen LogP contribution in [-0.2, 0) is 9.59 Å². The minimum Gasteiger partial charge on any atom is -0.348 e. The van der Waals surface area contributed by atoms with Gasteiger partial charge >= 0.3 is 0 Å². The van der Waals surface area contributed by atoms with Gasteiger partial charge in [0.1, 0.15) is 0 Å². The first-order valence-electron chi connectivity index (χ1n) is 7.14. The normalized spacial score (nSPS) is 21.3. The van der Waals surface area contributed by atoms with E-state index in [4.69, 9.17) is 0 Å². The molecule has 1 amide bonds. The fraction of sp³-hybridized carbons (Fsp3) is 0.167. The smallest absolute Gasteiger partial charge is 0.239 e. The molecule has 2 atom stereocenters. The molecule has 1 saturated heterocycles. The molecule has 22 heavy (non-hydrogen) atoms. The molecule has 1 N–H and O–H groups in total. The zero-order chi connectivity index (χ0) is 15.5. The van der Waals surface area contributed by atoms with E-state index < -0.39 is 17.6 Å². The fourth-order valence-corrected chi connectivity index (χ4v) is 2.69. The molecule has 3 rings (SSSR count). The lowest BCUT2D eigenvalue weighted by molar-refractivity contribution is -0.136. The Bertz CT molecular complexity index is 692. The van der Waals surface area contributed by atoms with Crippen LogP contribution in [0.2, 0.25) is 0 Å². The Balaban J connectivity index is 1.81. The number of hydrogen-bond acceptors (Lipinski definition) is 3. The summed E-state index contributed by atoms with van der Waals surface area (Å²) < 4.78 is 0. The number of amides is 1. The van der Waals surface area contributed by atoms with Crippen LogP contribution in [-0.4, -0.2) is 17.5 Å². The van der Waals surface area contributed by atoms with Crippen LogP contribution in [0.25, 0.3) is 0 Å². The predicted molar refractivity (Wildman–Crippen MR) is 81.2 cm³/mol. The van der Waals surface area contributed by atoms with Crippen molar-refractivity contribution < 1.29 is 14.4 Å². The molecule has 0 bridgehead atoms. The standard InChI is InChI=1S/C18H15NO3/c20-15-11-14(12-7-3-1-4-8-12)19-18(22)16(15)17(21)13-9-5-2-6-10-13/h1-10,14,16H,11H2,(H,19,22). The summed E-state index contributed by atoms with van der Waals surface area (Å²) in [5, 5.41) is 2.78. The number of piperidine rings is 1. The van der Waals surface area contributed by atoms with Crippen LogP contribution >= 0.6 is 0 Å². The molecule has 110 valence electrons. The lowest BCUT2D eigenvalue weighted by atomic mass is 9.84. The number of carbonyl (C=O) groups excluding carboxylic acids is 3. The summed E-state index contributed by atoms with van der Waals surface area (Å²) in [5.74, 6) is -2.51. The average molecular weight is 293 g/mol. The Labute approximate surface area is 128 Å². The van der Waals surface area contributed by atoms with E-state index in [0.717, 1.165) is 5.56 Å². The molecule has 2 aromatic rings. The summed E-state index contributed by atoms with van der Waals surface area (Å²) in [6.45, 7) is 0. The van der Waals surface area contributed by atoms with Gasteiger partial charge in [-0.15, -0.1) is 0 Å². The SMILES string of the molecule is O=C1CC(c2ccccc2)NC(=O)C1C(=O)c1ccccc1. The minimum atomic E-state index is -1.23. The maximum Gasteiger partial charge on any atom is 0.239 e. The van der Waals surface area contributed by atoms with E-state index in [9.17, 15) is 14.4 Å². The van der Waals surface area contributed by atoms with E-state index in [1.165, 1.54) is 0 Å². The van der Waals surface area contributed by atoms with Crippen molar-refractivity contribution in [2.24, 2.45) is 5.92 Å². The predicted octanol–water partition coefficient (Wildman–Crippen LogP) is 2.32. The number of benzene rings is 2. The third kappa shape index (κ3) is 2.68. The summed E-state index contributed by atoms with van der Waals surface area (Å²) in [7, 11) is 0. The van der Waals surface area contributed by atoms with Crippen molar-refractivity contribution in [1.82, 2.24) is 5.32 Å². The van der Waals surface area contributed by atoms with Gasteiger partial charge in [0, 0.05) is 12.0 Å². The highest BCUT2D eigenvalue weighted by Crippen LogP contribution is 2.26. The molecule has 4 nitrogen and oxygen atoms in total. The Hall–Kier alpha value is -2.75. The first-order chi connectivity index (χ1) is 10.7. The summed E-state index contributed by atoms with van der Waals surface area (Å²) in [5.41, 5.74) is 1.25. The van der Waals surface area contributed by atoms with Gasteiger partial charge < -0.3 is 5.32 Å². The Morgan fingerprint density at radius 1 is 0.909 bits per heavy atom. The second-order valence-electron chi connectivity index (χ2n) is 5.31. The number of carbonyl (C=O) groups is 3. The molecule has 2 aromatic carbocycles. The summed E-state index contributed by atoms with van der Waals surface area (Å²) in [6, 6.07) is 17.4. The van der Waals surface area contributed by atoms with Gasteiger partial charge in [-0.05, 0) is 5.56 Å². The van der Waals surface area contributed by atoms with E-state index in [1.54, 1.807) is 30.3 Å². The molecule has 1 heterocycles. The van der Waals surface area contributed by atoms with Crippen LogP contribution in [0.3, 0.4) is 0 Å². The second-order valence-corrected chi connectivity index (χ2v) is 5.31. The number of rotatable bonds is 3. The molecule has 1 aliphatic heterocycles. The first kappa shape index (κ1) is 14.2. The average Bonchev–Trinajstić information content (AvgIpc) is 2.55. The van der Waals surface area contributed by atoms with Crippen molar-refractivity contribution in [1.29, 1.82) is 0 Å². The lowest BCUT2D eigenvalue weighted by Gasteiger charge is -2.27. The molecule has 2 unspecified atom stereocenters. The van der Waals surface area contributed by atoms with Crippen molar-refractivity contribution in [3.8, 4) is 0 Å². The molecule has 0 spiro atoms. The van der Waals surface area contributed by atoms with Crippen LogP contribution in [0.4, 0.5) is 0 Å². The van der Waals surface area contributed by atoms with Crippen molar-refractivity contribution in [3.63, 3.8) is 0 Å². The van der Waals surface area contributed by atoms with E-state index in [0.29, 0.717) is 5.56 Å². The number of Topliss-reactive ketones (excluding diaryl/α,β-unsaturated/α-hetero) is 2. The zero-order valence-corrected chi connectivity index (χ0v) is 11.9. The van der Waals surface area contributed by atoms with Crippen LogP contribution in [0.15, 0.2) is 60.7 Å². The Morgan fingerprint density at radius 3 is 2.09 bits per heavy atom. The molecule has 4 heteroatoms. The quantitative estimate of drug-likeness (QED) is 0.697. The molecule has 1 aliphatic rings. The van der Waals surface area contributed by atoms with Crippen LogP contribution in [0, 0.1) is 5.92 Å². The second kappa shape index (κ2) is 5.93. The van der Waals surface area contributed by atoms with Gasteiger partial charge in [0.15, 0.2) is 17.5 Å². The van der Waals surface area contributed by atoms with Crippen LogP contribution < -0.4 is 5.32 Å². The number of nitrogens with one attached hydrogen (secondary N) is 1. The van der Waals surface area contributed by atoms with E-state index in [-0.39, 0.29) is 18.2 Å². The van der Waals surface area contributed by atoms with Crippen LogP contribution in [0.5, 0.6) is 0 Å². The van der Waals surface area contributed by atoms with Gasteiger partial charge in [-0.3, -0.25) is 14.4 Å². The summed E-state index contributed by atoms with van der Waals surface area (Å²) in [6.07, 6.45) is 0.138. The molecule has 0 aromatic heterocycles. The van der Waals surface area contributed by atoms with E-state index in [1.807, 2.05) is 30.3 Å². The van der Waals surface area contributed by atoms with E-state index in [2.05, 4.69) is 5.32 Å². The van der Waals surface area contributed by atoms with Gasteiger partial charge in [0.2, 0.25) is 5.91 Å². The van der Waals surface area contributed by atoms with Crippen molar-refractivity contribution in [2.75, 3.05) is 0 Å². The Kier molecular flexibility index (Phi) is 3.83. The maximum atomic E-state index is 12.4. The topological polar surface area (TPSA) is 63.2 Å². The molecular weight excluding hydrogens is 278 g/mol. The third-order valence-corrected chi connectivity index (χ3v) is 3.83. The highest BCUT2D eigenvalue weighted by atomic mass is 16.2. The molecular formula is C18H15NO3. The van der Waals surface area contributed by atoms with Crippen molar-refractivity contribution in [2.45, 2.75) is 12.5 Å². The monoisotopic (exact) mass is 293 g/mol. The van der Waals surface area contributed by atoms with E-state index >= 15 is 0 Å². The molecule has 0 aliphatic carbocycles. The maximum absolute atomic E-state index is 12.4. The summed E-state index contributed by atoms with van der Waals surface area (Å²) >= 11 is 0. The third-order valence-electron chi connectivity index (χ3n) is 3.83. The molecule has 0 radical (unpaired) electrons.